The van der Waals surface area contributed by atoms with Crippen LogP contribution in [0, 0.1) is 6.92 Å². The highest BCUT2D eigenvalue weighted by atomic mass is 16.1. The number of anilines is 1. The Morgan fingerprint density at radius 2 is 2.08 bits per heavy atom. The third kappa shape index (κ3) is 3.05. The molecule has 25 heavy (non-hydrogen) atoms. The van der Waals surface area contributed by atoms with Crippen LogP contribution in [0.15, 0.2) is 30.5 Å². The number of nitrogens with zero attached hydrogens (tertiary/aromatic N) is 4. The lowest BCUT2D eigenvalue weighted by Crippen LogP contribution is -2.40. The maximum atomic E-state index is 12.5. The second-order valence-electron chi connectivity index (χ2n) is 5.82. The first-order valence-electron chi connectivity index (χ1n) is 8.44. The van der Waals surface area contributed by atoms with Crippen molar-refractivity contribution in [3.63, 3.8) is 0 Å². The number of hydrogen-bond donors (Lipinski definition) is 2. The van der Waals surface area contributed by atoms with Crippen LogP contribution in [0.2, 0.25) is 0 Å². The van der Waals surface area contributed by atoms with Crippen molar-refractivity contribution in [2.45, 2.75) is 40.4 Å². The first-order chi connectivity index (χ1) is 12.1. The van der Waals surface area contributed by atoms with E-state index in [0.29, 0.717) is 12.2 Å². The van der Waals surface area contributed by atoms with E-state index in [9.17, 15) is 4.79 Å². The summed E-state index contributed by atoms with van der Waals surface area (Å²) < 4.78 is 4.42. The monoisotopic (exact) mass is 339 g/mol. The summed E-state index contributed by atoms with van der Waals surface area (Å²) in [6.07, 6.45) is 1.54. The van der Waals surface area contributed by atoms with Crippen molar-refractivity contribution in [1.82, 2.24) is 19.9 Å². The fraction of sp³-hybridized carbons (Fsp3) is 0.333. The lowest BCUT2D eigenvalue weighted by atomic mass is 10.3. The van der Waals surface area contributed by atoms with Gasteiger partial charge in [0.1, 0.15) is 6.54 Å². The number of para-hydroxylation sites is 2. The van der Waals surface area contributed by atoms with Crippen LogP contribution in [0.5, 0.6) is 0 Å². The lowest BCUT2D eigenvalue weighted by molar-refractivity contribution is -0.676. The van der Waals surface area contributed by atoms with Crippen LogP contribution in [0.4, 0.5) is 5.82 Å². The minimum atomic E-state index is -0.319. The topological polar surface area (TPSA) is 89.7 Å². The summed E-state index contributed by atoms with van der Waals surface area (Å²) >= 11 is 0. The first kappa shape index (κ1) is 16.9. The fourth-order valence-electron chi connectivity index (χ4n) is 3.15. The quantitative estimate of drug-likeness (QED) is 0.691. The van der Waals surface area contributed by atoms with Crippen LogP contribution in [0.3, 0.4) is 0 Å². The number of nitrogens with one attached hydrogen (secondary N) is 1. The van der Waals surface area contributed by atoms with Gasteiger partial charge in [-0.15, -0.1) is 0 Å². The number of fused-ring (bicyclic) bond motifs is 1. The van der Waals surface area contributed by atoms with E-state index >= 15 is 0 Å². The molecule has 0 unspecified atom stereocenters. The van der Waals surface area contributed by atoms with Gasteiger partial charge in [-0.25, -0.2) is 19.1 Å². The molecule has 2 heterocycles. The number of carbonyl (C=O) groups is 1. The van der Waals surface area contributed by atoms with Crippen molar-refractivity contribution in [1.29, 1.82) is 0 Å². The number of nitrogens with two attached hydrogens (primary N) is 1. The van der Waals surface area contributed by atoms with Gasteiger partial charge in [0.2, 0.25) is 0 Å². The van der Waals surface area contributed by atoms with Gasteiger partial charge in [0.05, 0.1) is 18.8 Å². The van der Waals surface area contributed by atoms with Gasteiger partial charge in [-0.05, 0) is 32.9 Å². The maximum absolute atomic E-state index is 12.5. The van der Waals surface area contributed by atoms with Gasteiger partial charge in [-0.3, -0.25) is 4.79 Å². The SMILES string of the molecule is CCn1c(CNC(=O)c2ncc(C)nc2N)[n+](CC)c2ccccc21. The van der Waals surface area contributed by atoms with Crippen molar-refractivity contribution in [3.8, 4) is 0 Å². The predicted octanol–water partition coefficient (Wildman–Crippen LogP) is 1.58. The Balaban J connectivity index is 1.91. The summed E-state index contributed by atoms with van der Waals surface area (Å²) in [4.78, 5) is 20.7. The largest absolute Gasteiger partial charge is 0.382 e. The van der Waals surface area contributed by atoms with E-state index in [0.717, 1.165) is 29.9 Å². The summed E-state index contributed by atoms with van der Waals surface area (Å²) in [7, 11) is 0. The Kier molecular flexibility index (Phi) is 4.65. The lowest BCUT2D eigenvalue weighted by Gasteiger charge is -2.07. The molecular formula is C18H23N6O+. The normalized spacial score (nSPS) is 11.0. The molecule has 0 aliphatic carbocycles. The molecule has 0 fully saturated rings. The second kappa shape index (κ2) is 6.88. The smallest absolute Gasteiger partial charge is 0.277 e. The third-order valence-electron chi connectivity index (χ3n) is 4.26. The average Bonchev–Trinajstić information content (AvgIpc) is 2.92. The van der Waals surface area contributed by atoms with Gasteiger partial charge in [-0.2, -0.15) is 0 Å². The summed E-state index contributed by atoms with van der Waals surface area (Å²) in [5, 5.41) is 2.92. The van der Waals surface area contributed by atoms with Crippen molar-refractivity contribution in [2.24, 2.45) is 0 Å². The zero-order valence-corrected chi connectivity index (χ0v) is 14.8. The van der Waals surface area contributed by atoms with Crippen LogP contribution in [0.25, 0.3) is 11.0 Å². The Bertz CT molecular complexity index is 890. The molecular weight excluding hydrogens is 316 g/mol. The summed E-state index contributed by atoms with van der Waals surface area (Å²) in [5.41, 5.74) is 8.98. The highest BCUT2D eigenvalue weighted by Crippen LogP contribution is 2.15. The number of nitrogen functional groups attached to an aromatic ring is 1. The van der Waals surface area contributed by atoms with E-state index in [1.165, 1.54) is 0 Å². The van der Waals surface area contributed by atoms with Gasteiger partial charge < -0.3 is 11.1 Å². The Hall–Kier alpha value is -2.96. The van der Waals surface area contributed by atoms with E-state index in [-0.39, 0.29) is 17.4 Å². The molecule has 1 aromatic carbocycles. The summed E-state index contributed by atoms with van der Waals surface area (Å²) in [6.45, 7) is 8.03. The first-order valence-corrected chi connectivity index (χ1v) is 8.44. The number of carbonyl (C=O) groups excluding carboxylic acids is 1. The molecule has 7 nitrogen and oxygen atoms in total. The predicted molar refractivity (Wildman–Crippen MR) is 95.8 cm³/mol. The van der Waals surface area contributed by atoms with Gasteiger partial charge in [-0.1, -0.05) is 12.1 Å². The minimum absolute atomic E-state index is 0.150. The van der Waals surface area contributed by atoms with Crippen LogP contribution in [-0.4, -0.2) is 20.4 Å². The Morgan fingerprint density at radius 3 is 2.76 bits per heavy atom. The molecule has 0 atom stereocenters. The highest BCUT2D eigenvalue weighted by molar-refractivity contribution is 5.96. The van der Waals surface area contributed by atoms with Gasteiger partial charge in [0.15, 0.2) is 22.5 Å². The second-order valence-corrected chi connectivity index (χ2v) is 5.82. The van der Waals surface area contributed by atoms with Crippen molar-refractivity contribution in [2.75, 3.05) is 5.73 Å². The number of hydrogen-bond acceptors (Lipinski definition) is 4. The Morgan fingerprint density at radius 1 is 1.32 bits per heavy atom. The van der Waals surface area contributed by atoms with E-state index in [1.807, 2.05) is 12.1 Å². The average molecular weight is 339 g/mol. The molecule has 3 N–H and O–H groups in total. The molecule has 0 radical (unpaired) electrons. The van der Waals surface area contributed by atoms with Crippen LogP contribution < -0.4 is 15.6 Å². The molecule has 3 rings (SSSR count). The van der Waals surface area contributed by atoms with Crippen LogP contribution >= 0.6 is 0 Å². The summed E-state index contributed by atoms with van der Waals surface area (Å²) in [5.74, 6) is 0.871. The van der Waals surface area contributed by atoms with Crippen LogP contribution in [0.1, 0.15) is 35.9 Å². The molecule has 0 aliphatic heterocycles. The van der Waals surface area contributed by atoms with Crippen molar-refractivity contribution in [3.05, 3.63) is 47.7 Å². The zero-order valence-electron chi connectivity index (χ0n) is 14.8. The molecule has 130 valence electrons. The molecule has 3 aromatic rings. The number of rotatable bonds is 5. The molecule has 0 saturated carbocycles. The van der Waals surface area contributed by atoms with E-state index in [4.69, 9.17) is 5.73 Å². The standard InChI is InChI=1S/C18H22N6O/c1-4-23-13-8-6-7-9-14(13)24(5-2)15(23)11-21-18(25)16-17(19)22-12(3)10-20-16/h6-10H,4-5,11H2,1-3H3,(H2-,19,21,22,25)/p+1. The summed E-state index contributed by atoms with van der Waals surface area (Å²) in [6, 6.07) is 8.25. The van der Waals surface area contributed by atoms with Crippen LogP contribution in [-0.2, 0) is 19.6 Å². The molecule has 7 heteroatoms. The van der Waals surface area contributed by atoms with Crippen molar-refractivity contribution < 1.29 is 9.36 Å². The fourth-order valence-corrected chi connectivity index (χ4v) is 3.15. The minimum Gasteiger partial charge on any atom is -0.382 e. The molecule has 0 spiro atoms. The van der Waals surface area contributed by atoms with E-state index in [2.05, 4.69) is 50.4 Å². The molecule has 2 aromatic heterocycles. The third-order valence-corrected chi connectivity index (χ3v) is 4.26. The zero-order chi connectivity index (χ0) is 18.0. The number of imidazole rings is 1. The maximum Gasteiger partial charge on any atom is 0.277 e. The number of aryl methyl sites for hydroxylation is 3. The van der Waals surface area contributed by atoms with Gasteiger partial charge in [0, 0.05) is 6.20 Å². The number of benzene rings is 1. The van der Waals surface area contributed by atoms with Crippen molar-refractivity contribution >= 4 is 22.8 Å². The molecule has 0 saturated heterocycles. The van der Waals surface area contributed by atoms with E-state index < -0.39 is 0 Å². The van der Waals surface area contributed by atoms with E-state index in [1.54, 1.807) is 13.1 Å². The molecule has 1 amide bonds. The molecule has 0 aliphatic rings. The molecule has 0 bridgehead atoms. The number of aromatic nitrogens is 4. The van der Waals surface area contributed by atoms with Gasteiger partial charge in [0.25, 0.3) is 11.7 Å². The highest BCUT2D eigenvalue weighted by Gasteiger charge is 2.24. The number of amides is 1. The Labute approximate surface area is 146 Å². The van der Waals surface area contributed by atoms with Gasteiger partial charge >= 0.3 is 0 Å².